The molecule has 0 radical (unpaired) electrons. The van der Waals surface area contributed by atoms with Gasteiger partial charge in [-0.2, -0.15) is 0 Å². The van der Waals surface area contributed by atoms with Gasteiger partial charge in [0.1, 0.15) is 0 Å². The van der Waals surface area contributed by atoms with E-state index in [0.29, 0.717) is 5.92 Å². The van der Waals surface area contributed by atoms with Crippen molar-refractivity contribution in [2.75, 3.05) is 13.1 Å². The van der Waals surface area contributed by atoms with Crippen molar-refractivity contribution in [3.63, 3.8) is 0 Å². The van der Waals surface area contributed by atoms with Crippen LogP contribution in [0.2, 0.25) is 0 Å². The number of rotatable bonds is 3. The van der Waals surface area contributed by atoms with Crippen molar-refractivity contribution in [3.05, 3.63) is 0 Å². The Morgan fingerprint density at radius 2 is 1.71 bits per heavy atom. The smallest absolute Gasteiger partial charge is 0.233 e. The summed E-state index contributed by atoms with van der Waals surface area (Å²) < 4.78 is 0. The maximum absolute atomic E-state index is 11.0. The van der Waals surface area contributed by atoms with Crippen molar-refractivity contribution in [3.8, 4) is 0 Å². The predicted octanol–water partition coefficient (Wildman–Crippen LogP) is 1.42. The molecule has 3 N–H and O–H groups in total. The van der Waals surface area contributed by atoms with Crippen molar-refractivity contribution >= 4 is 5.91 Å². The lowest BCUT2D eigenvalue weighted by Crippen LogP contribution is -2.34. The Balaban J connectivity index is 2.16. The van der Waals surface area contributed by atoms with Gasteiger partial charge < -0.3 is 11.1 Å². The van der Waals surface area contributed by atoms with Crippen molar-refractivity contribution < 1.29 is 4.79 Å². The molecule has 0 aromatic carbocycles. The summed E-state index contributed by atoms with van der Waals surface area (Å²) in [5, 5.41) is 2.89. The van der Waals surface area contributed by atoms with Crippen molar-refractivity contribution in [1.29, 1.82) is 0 Å². The fourth-order valence-corrected chi connectivity index (χ4v) is 2.08. The van der Waals surface area contributed by atoms with E-state index in [2.05, 4.69) is 5.32 Å². The van der Waals surface area contributed by atoms with Crippen LogP contribution >= 0.6 is 0 Å². The van der Waals surface area contributed by atoms with Crippen LogP contribution in [0.4, 0.5) is 0 Å². The Labute approximate surface area is 86.4 Å². The molecule has 1 rings (SSSR count). The van der Waals surface area contributed by atoms with E-state index in [-0.39, 0.29) is 12.5 Å². The molecule has 14 heavy (non-hydrogen) atoms. The van der Waals surface area contributed by atoms with Gasteiger partial charge in [0, 0.05) is 6.54 Å². The minimum atomic E-state index is -0.0212. The third-order valence-corrected chi connectivity index (χ3v) is 3.00. The van der Waals surface area contributed by atoms with E-state index >= 15 is 0 Å². The molecule has 0 aromatic heterocycles. The molecule has 1 amide bonds. The predicted molar refractivity (Wildman–Crippen MR) is 57.9 cm³/mol. The van der Waals surface area contributed by atoms with E-state index in [4.69, 9.17) is 5.73 Å². The molecule has 3 nitrogen and oxygen atoms in total. The standard InChI is InChI=1S/C11H22N2O/c12-8-11(14)13-9-10-6-4-2-1-3-5-7-10/h10H,1-9,12H2,(H,13,14). The maximum atomic E-state index is 11.0. The highest BCUT2D eigenvalue weighted by Crippen LogP contribution is 2.21. The summed E-state index contributed by atoms with van der Waals surface area (Å²) in [4.78, 5) is 11.0. The third kappa shape index (κ3) is 4.61. The van der Waals surface area contributed by atoms with E-state index < -0.39 is 0 Å². The van der Waals surface area contributed by atoms with Crippen LogP contribution < -0.4 is 11.1 Å². The van der Waals surface area contributed by atoms with Crippen molar-refractivity contribution in [1.82, 2.24) is 5.32 Å². The second-order valence-corrected chi connectivity index (χ2v) is 4.22. The highest BCUT2D eigenvalue weighted by Gasteiger charge is 2.11. The molecule has 1 saturated carbocycles. The number of hydrogen-bond donors (Lipinski definition) is 2. The van der Waals surface area contributed by atoms with Crippen LogP contribution in [-0.2, 0) is 4.79 Å². The zero-order chi connectivity index (χ0) is 10.2. The minimum absolute atomic E-state index is 0.0212. The topological polar surface area (TPSA) is 55.1 Å². The first-order valence-corrected chi connectivity index (χ1v) is 5.79. The van der Waals surface area contributed by atoms with Gasteiger partial charge in [0.2, 0.25) is 5.91 Å². The van der Waals surface area contributed by atoms with Gasteiger partial charge in [-0.25, -0.2) is 0 Å². The van der Waals surface area contributed by atoms with E-state index in [1.165, 1.54) is 44.9 Å². The molecule has 0 aromatic rings. The summed E-state index contributed by atoms with van der Waals surface area (Å²) in [5.74, 6) is 0.665. The van der Waals surface area contributed by atoms with Gasteiger partial charge >= 0.3 is 0 Å². The van der Waals surface area contributed by atoms with Gasteiger partial charge in [0.15, 0.2) is 0 Å². The molecule has 1 fully saturated rings. The normalized spacial score (nSPS) is 19.8. The van der Waals surface area contributed by atoms with Crippen LogP contribution in [0.3, 0.4) is 0 Å². The van der Waals surface area contributed by atoms with Crippen LogP contribution in [0.15, 0.2) is 0 Å². The molecule has 1 aliphatic rings. The largest absolute Gasteiger partial charge is 0.355 e. The van der Waals surface area contributed by atoms with Gasteiger partial charge in [0.25, 0.3) is 0 Å². The number of nitrogens with two attached hydrogens (primary N) is 1. The highest BCUT2D eigenvalue weighted by molar-refractivity contribution is 5.77. The Hall–Kier alpha value is -0.570. The minimum Gasteiger partial charge on any atom is -0.355 e. The lowest BCUT2D eigenvalue weighted by atomic mass is 9.91. The number of carbonyl (C=O) groups is 1. The Morgan fingerprint density at radius 1 is 1.14 bits per heavy atom. The van der Waals surface area contributed by atoms with Crippen LogP contribution in [-0.4, -0.2) is 19.0 Å². The first-order chi connectivity index (χ1) is 6.83. The molecule has 0 unspecified atom stereocenters. The van der Waals surface area contributed by atoms with Crippen molar-refractivity contribution in [2.24, 2.45) is 11.7 Å². The molecule has 0 spiro atoms. The third-order valence-electron chi connectivity index (χ3n) is 3.00. The fourth-order valence-electron chi connectivity index (χ4n) is 2.08. The second kappa shape index (κ2) is 6.82. The molecule has 82 valence electrons. The van der Waals surface area contributed by atoms with Gasteiger partial charge in [-0.15, -0.1) is 0 Å². The highest BCUT2D eigenvalue weighted by atomic mass is 16.1. The average Bonchev–Trinajstić information content (AvgIpc) is 2.15. The Morgan fingerprint density at radius 3 is 2.29 bits per heavy atom. The van der Waals surface area contributed by atoms with E-state index in [1.807, 2.05) is 0 Å². The van der Waals surface area contributed by atoms with E-state index in [9.17, 15) is 4.79 Å². The summed E-state index contributed by atoms with van der Waals surface area (Å²) in [7, 11) is 0. The molecule has 0 atom stereocenters. The van der Waals surface area contributed by atoms with Gasteiger partial charge in [-0.1, -0.05) is 32.1 Å². The monoisotopic (exact) mass is 198 g/mol. The van der Waals surface area contributed by atoms with E-state index in [1.54, 1.807) is 0 Å². The summed E-state index contributed by atoms with van der Waals surface area (Å²) in [6.07, 6.45) is 9.30. The summed E-state index contributed by atoms with van der Waals surface area (Å²) in [6.45, 7) is 0.947. The Kier molecular flexibility index (Phi) is 5.60. The van der Waals surface area contributed by atoms with Gasteiger partial charge in [-0.3, -0.25) is 4.79 Å². The van der Waals surface area contributed by atoms with E-state index in [0.717, 1.165) is 6.54 Å². The molecule has 0 bridgehead atoms. The molecule has 0 aliphatic heterocycles. The molecule has 1 aliphatic carbocycles. The Bertz CT molecular complexity index is 163. The molecular weight excluding hydrogens is 176 g/mol. The second-order valence-electron chi connectivity index (χ2n) is 4.22. The molecular formula is C11H22N2O. The SMILES string of the molecule is NCC(=O)NCC1CCCCCCC1. The van der Waals surface area contributed by atoms with Gasteiger partial charge in [-0.05, 0) is 18.8 Å². The molecule has 0 saturated heterocycles. The summed E-state index contributed by atoms with van der Waals surface area (Å²) in [5.41, 5.74) is 5.23. The lowest BCUT2D eigenvalue weighted by molar-refractivity contribution is -0.119. The lowest BCUT2D eigenvalue weighted by Gasteiger charge is -2.19. The van der Waals surface area contributed by atoms with Gasteiger partial charge in [0.05, 0.1) is 6.54 Å². The van der Waals surface area contributed by atoms with Crippen molar-refractivity contribution in [2.45, 2.75) is 44.9 Å². The number of nitrogens with one attached hydrogen (secondary N) is 1. The first kappa shape index (κ1) is 11.5. The number of hydrogen-bond acceptors (Lipinski definition) is 2. The molecule has 0 heterocycles. The van der Waals surface area contributed by atoms with Crippen LogP contribution in [0, 0.1) is 5.92 Å². The maximum Gasteiger partial charge on any atom is 0.233 e. The quantitative estimate of drug-likeness (QED) is 0.720. The summed E-state index contributed by atoms with van der Waals surface area (Å²) in [6, 6.07) is 0. The molecule has 3 heteroatoms. The zero-order valence-corrected chi connectivity index (χ0v) is 8.93. The van der Waals surface area contributed by atoms with Crippen LogP contribution in [0.25, 0.3) is 0 Å². The number of carbonyl (C=O) groups excluding carboxylic acids is 1. The fraction of sp³-hybridized carbons (Fsp3) is 0.909. The summed E-state index contributed by atoms with van der Waals surface area (Å²) >= 11 is 0. The number of amides is 1. The first-order valence-electron chi connectivity index (χ1n) is 5.79. The van der Waals surface area contributed by atoms with Crippen LogP contribution in [0.5, 0.6) is 0 Å². The van der Waals surface area contributed by atoms with Crippen LogP contribution in [0.1, 0.15) is 44.9 Å². The average molecular weight is 198 g/mol. The zero-order valence-electron chi connectivity index (χ0n) is 8.93.